The highest BCUT2D eigenvalue weighted by Crippen LogP contribution is 2.49. The number of ether oxygens (including phenoxy) is 1. The Kier molecular flexibility index (Phi) is 15.6. The fraction of sp³-hybridized carbons (Fsp3) is 0.533. The molecule has 0 aromatic heterocycles. The third kappa shape index (κ3) is 10.9. The van der Waals surface area contributed by atoms with Gasteiger partial charge in [0.05, 0.1) is 11.5 Å². The molecule has 0 spiro atoms. The van der Waals surface area contributed by atoms with Crippen LogP contribution in [0.1, 0.15) is 101 Å². The number of hydrogen-bond donors (Lipinski definition) is 0. The minimum absolute atomic E-state index is 0.131. The van der Waals surface area contributed by atoms with Crippen LogP contribution in [0.4, 0.5) is 0 Å². The van der Waals surface area contributed by atoms with E-state index < -0.39 is 0 Å². The first kappa shape index (κ1) is 38.0. The number of nitrogens with zero attached hydrogens (tertiary/aromatic N) is 3. The van der Waals surface area contributed by atoms with Gasteiger partial charge in [0, 0.05) is 39.3 Å². The van der Waals surface area contributed by atoms with Crippen LogP contribution in [0.2, 0.25) is 0 Å². The van der Waals surface area contributed by atoms with Crippen molar-refractivity contribution in [3.05, 3.63) is 114 Å². The van der Waals surface area contributed by atoms with Gasteiger partial charge in [0.15, 0.2) is 0 Å². The van der Waals surface area contributed by atoms with E-state index in [2.05, 4.69) is 132 Å². The summed E-state index contributed by atoms with van der Waals surface area (Å²) in [5, 5.41) is 0. The van der Waals surface area contributed by atoms with Gasteiger partial charge in [-0.2, -0.15) is 0 Å². The van der Waals surface area contributed by atoms with Crippen LogP contribution in [0.3, 0.4) is 0 Å². The van der Waals surface area contributed by atoms with Crippen LogP contribution in [0.15, 0.2) is 97.1 Å². The Morgan fingerprint density at radius 3 is 1.86 bits per heavy atom. The number of likely N-dealkylation sites (N-methyl/N-ethyl adjacent to an activating group) is 1. The maximum Gasteiger partial charge on any atom is 0.312 e. The summed E-state index contributed by atoms with van der Waals surface area (Å²) in [5.41, 5.74) is 3.90. The smallest absolute Gasteiger partial charge is 0.312 e. The summed E-state index contributed by atoms with van der Waals surface area (Å²) < 4.78 is 5.79. The van der Waals surface area contributed by atoms with Gasteiger partial charge in [0.1, 0.15) is 6.61 Å². The normalized spacial score (nSPS) is 19.0. The van der Waals surface area contributed by atoms with Gasteiger partial charge in [-0.1, -0.05) is 156 Å². The molecule has 0 N–H and O–H groups in total. The number of piperazine rings is 1. The van der Waals surface area contributed by atoms with E-state index in [9.17, 15) is 4.79 Å². The average Bonchev–Trinajstić information content (AvgIpc) is 3.19. The molecular formula is C45H63N3O2. The van der Waals surface area contributed by atoms with Gasteiger partial charge in [0.2, 0.25) is 0 Å². The maximum atomic E-state index is 12.9. The number of carbonyl (C=O) groups excluding carboxylic acids is 1. The molecule has 270 valence electrons. The molecule has 1 saturated heterocycles. The van der Waals surface area contributed by atoms with E-state index in [4.69, 9.17) is 4.74 Å². The van der Waals surface area contributed by atoms with Crippen LogP contribution >= 0.6 is 0 Å². The van der Waals surface area contributed by atoms with Crippen LogP contribution < -0.4 is 0 Å². The van der Waals surface area contributed by atoms with Crippen molar-refractivity contribution in [2.45, 2.75) is 84.1 Å². The van der Waals surface area contributed by atoms with E-state index in [0.29, 0.717) is 18.6 Å². The summed E-state index contributed by atoms with van der Waals surface area (Å²) in [5.74, 6) is 0.716. The van der Waals surface area contributed by atoms with Gasteiger partial charge in [-0.05, 0) is 61.4 Å². The summed E-state index contributed by atoms with van der Waals surface area (Å²) in [6.07, 6.45) is 16.8. The highest BCUT2D eigenvalue weighted by atomic mass is 16.5. The van der Waals surface area contributed by atoms with Gasteiger partial charge < -0.3 is 9.64 Å². The van der Waals surface area contributed by atoms with Crippen molar-refractivity contribution in [3.8, 4) is 0 Å². The molecule has 0 atom stereocenters. The van der Waals surface area contributed by atoms with Crippen LogP contribution in [-0.4, -0.2) is 79.6 Å². The second-order valence-electron chi connectivity index (χ2n) is 14.6. The Morgan fingerprint density at radius 2 is 1.30 bits per heavy atom. The molecule has 2 saturated carbocycles. The SMILES string of the molecule is C(=C\c1ccccc1)/CN1CCN(C(c2ccccc2)c2ccccc2)CC1.CCN(CC)CCOC(=O)C1(C2CCCCC2)CCCCC1. The molecule has 3 fully saturated rings. The first-order valence-corrected chi connectivity index (χ1v) is 19.8. The standard InChI is InChI=1S/C26H28N2.C19H35NO2/c1-4-11-23(12-5-1)13-10-18-27-19-21-28(22-20-27)26(24-14-6-2-7-15-24)25-16-8-3-9-17-25;1-3-20(4-2)15-16-22-18(21)19(13-9-6-10-14-19)17-11-7-5-8-12-17/h1-17,26H,18-22H2;17H,3-16H2,1-2H3/b13-10+;. The zero-order valence-electron chi connectivity index (χ0n) is 31.1. The highest BCUT2D eigenvalue weighted by molar-refractivity contribution is 5.77. The van der Waals surface area contributed by atoms with E-state index >= 15 is 0 Å². The van der Waals surface area contributed by atoms with E-state index in [-0.39, 0.29) is 11.4 Å². The summed E-state index contributed by atoms with van der Waals surface area (Å²) >= 11 is 0. The van der Waals surface area contributed by atoms with Crippen molar-refractivity contribution < 1.29 is 9.53 Å². The fourth-order valence-corrected chi connectivity index (χ4v) is 8.56. The highest BCUT2D eigenvalue weighted by Gasteiger charge is 2.47. The molecule has 50 heavy (non-hydrogen) atoms. The first-order valence-electron chi connectivity index (χ1n) is 19.8. The number of rotatable bonds is 13. The van der Waals surface area contributed by atoms with E-state index in [0.717, 1.165) is 65.2 Å². The lowest BCUT2D eigenvalue weighted by Gasteiger charge is -2.43. The molecular weight excluding hydrogens is 615 g/mol. The number of hydrogen-bond acceptors (Lipinski definition) is 5. The molecule has 3 aromatic rings. The second kappa shape index (κ2) is 20.6. The lowest BCUT2D eigenvalue weighted by molar-refractivity contribution is -0.164. The largest absolute Gasteiger partial charge is 0.464 e. The van der Waals surface area contributed by atoms with Crippen molar-refractivity contribution >= 4 is 12.0 Å². The minimum Gasteiger partial charge on any atom is -0.464 e. The Morgan fingerprint density at radius 1 is 0.760 bits per heavy atom. The summed E-state index contributed by atoms with van der Waals surface area (Å²) in [6.45, 7) is 13.2. The molecule has 0 amide bonds. The topological polar surface area (TPSA) is 36.0 Å². The zero-order valence-corrected chi connectivity index (χ0v) is 31.1. The van der Waals surface area contributed by atoms with Gasteiger partial charge >= 0.3 is 5.97 Å². The Labute approximate surface area is 303 Å². The monoisotopic (exact) mass is 677 g/mol. The van der Waals surface area contributed by atoms with Gasteiger partial charge in [-0.3, -0.25) is 14.6 Å². The Bertz CT molecular complexity index is 1330. The third-order valence-electron chi connectivity index (χ3n) is 11.6. The van der Waals surface area contributed by atoms with Crippen molar-refractivity contribution in [1.29, 1.82) is 0 Å². The van der Waals surface area contributed by atoms with Gasteiger partial charge in [-0.15, -0.1) is 0 Å². The van der Waals surface area contributed by atoms with Crippen LogP contribution in [0.5, 0.6) is 0 Å². The molecule has 1 heterocycles. The molecule has 0 bridgehead atoms. The average molecular weight is 678 g/mol. The quantitative estimate of drug-likeness (QED) is 0.169. The summed E-state index contributed by atoms with van der Waals surface area (Å²) in [4.78, 5) is 20.4. The lowest BCUT2D eigenvalue weighted by Crippen LogP contribution is -2.47. The number of carbonyl (C=O) groups is 1. The summed E-state index contributed by atoms with van der Waals surface area (Å²) in [7, 11) is 0. The third-order valence-corrected chi connectivity index (χ3v) is 11.6. The van der Waals surface area contributed by atoms with Crippen molar-refractivity contribution in [1.82, 2.24) is 14.7 Å². The predicted molar refractivity (Wildman–Crippen MR) is 209 cm³/mol. The molecule has 0 unspecified atom stereocenters. The minimum atomic E-state index is -0.137. The van der Waals surface area contributed by atoms with Gasteiger partial charge in [-0.25, -0.2) is 0 Å². The molecule has 1 aliphatic heterocycles. The number of benzene rings is 3. The van der Waals surface area contributed by atoms with E-state index in [1.54, 1.807) is 0 Å². The molecule has 2 aliphatic carbocycles. The summed E-state index contributed by atoms with van der Waals surface area (Å²) in [6, 6.07) is 32.7. The number of esters is 1. The molecule has 3 aromatic carbocycles. The van der Waals surface area contributed by atoms with Crippen molar-refractivity contribution in [3.63, 3.8) is 0 Å². The second-order valence-corrected chi connectivity index (χ2v) is 14.6. The van der Waals surface area contributed by atoms with Crippen molar-refractivity contribution in [2.24, 2.45) is 11.3 Å². The predicted octanol–water partition coefficient (Wildman–Crippen LogP) is 9.51. The Balaban J connectivity index is 0.000000201. The molecule has 3 aliphatic rings. The lowest BCUT2D eigenvalue weighted by atomic mass is 9.62. The van der Waals surface area contributed by atoms with Crippen LogP contribution in [0.25, 0.3) is 6.08 Å². The Hall–Kier alpha value is -3.25. The maximum absolute atomic E-state index is 12.9. The van der Waals surface area contributed by atoms with Gasteiger partial charge in [0.25, 0.3) is 0 Å². The van der Waals surface area contributed by atoms with Crippen LogP contribution in [0, 0.1) is 11.3 Å². The molecule has 0 radical (unpaired) electrons. The van der Waals surface area contributed by atoms with Crippen molar-refractivity contribution in [2.75, 3.05) is 59.0 Å². The zero-order chi connectivity index (χ0) is 34.9. The van der Waals surface area contributed by atoms with Crippen LogP contribution in [-0.2, 0) is 9.53 Å². The van der Waals surface area contributed by atoms with E-state index in [1.807, 2.05) is 0 Å². The van der Waals surface area contributed by atoms with E-state index in [1.165, 1.54) is 68.1 Å². The first-order chi connectivity index (χ1) is 24.6. The molecule has 6 rings (SSSR count). The fourth-order valence-electron chi connectivity index (χ4n) is 8.56. The molecule has 5 nitrogen and oxygen atoms in total. The molecule has 5 heteroatoms.